The molecule has 160 valence electrons. The summed E-state index contributed by atoms with van der Waals surface area (Å²) in [5.41, 5.74) is -0.462. The van der Waals surface area contributed by atoms with Gasteiger partial charge in [-0.25, -0.2) is 0 Å². The minimum Gasteiger partial charge on any atom is -0.460 e. The van der Waals surface area contributed by atoms with E-state index in [2.05, 4.69) is 5.32 Å². The Morgan fingerprint density at radius 3 is 1.70 bits per heavy atom. The molecule has 1 amide bonds. The largest absolute Gasteiger partial charge is 0.460 e. The van der Waals surface area contributed by atoms with Gasteiger partial charge in [0.15, 0.2) is 0 Å². The van der Waals surface area contributed by atoms with Gasteiger partial charge in [0.2, 0.25) is 5.91 Å². The van der Waals surface area contributed by atoms with E-state index >= 15 is 0 Å². The maximum Gasteiger partial charge on any atom is 0.308 e. The predicted octanol–water partition coefficient (Wildman–Crippen LogP) is 1.70. The molecule has 0 saturated carbocycles. The summed E-state index contributed by atoms with van der Waals surface area (Å²) in [6, 6.07) is 0. The van der Waals surface area contributed by atoms with Crippen LogP contribution in [0.15, 0.2) is 0 Å². The summed E-state index contributed by atoms with van der Waals surface area (Å²) < 4.78 is 26.6. The number of rotatable bonds is 17. The summed E-state index contributed by atoms with van der Waals surface area (Å²) in [5, 5.41) is 2.78. The number of ether oxygens (including phenoxy) is 5. The van der Waals surface area contributed by atoms with Gasteiger partial charge in [-0.1, -0.05) is 6.92 Å². The van der Waals surface area contributed by atoms with Crippen LogP contribution in [-0.2, 0) is 33.3 Å². The second-order valence-corrected chi connectivity index (χ2v) is 6.89. The molecule has 0 aromatic rings. The molecule has 0 heterocycles. The molecule has 27 heavy (non-hydrogen) atoms. The Labute approximate surface area is 163 Å². The zero-order chi connectivity index (χ0) is 20.4. The smallest absolute Gasteiger partial charge is 0.308 e. The van der Waals surface area contributed by atoms with Crippen molar-refractivity contribution in [3.63, 3.8) is 0 Å². The zero-order valence-electron chi connectivity index (χ0n) is 17.3. The van der Waals surface area contributed by atoms with Gasteiger partial charge >= 0.3 is 5.97 Å². The molecule has 0 radical (unpaired) electrons. The first-order valence-corrected chi connectivity index (χ1v) is 9.64. The summed E-state index contributed by atoms with van der Waals surface area (Å²) in [6.07, 6.45) is 1.64. The second-order valence-electron chi connectivity index (χ2n) is 6.89. The molecule has 0 spiro atoms. The minimum absolute atomic E-state index is 0.0586. The van der Waals surface area contributed by atoms with Crippen LogP contribution in [-0.4, -0.2) is 76.9 Å². The molecule has 0 unspecified atom stereocenters. The first-order valence-electron chi connectivity index (χ1n) is 9.64. The van der Waals surface area contributed by atoms with Gasteiger partial charge in [0.1, 0.15) is 5.60 Å². The molecule has 8 heteroatoms. The van der Waals surface area contributed by atoms with Crippen LogP contribution in [0.3, 0.4) is 0 Å². The number of amides is 1. The van der Waals surface area contributed by atoms with E-state index in [0.717, 1.165) is 6.42 Å². The van der Waals surface area contributed by atoms with Gasteiger partial charge in [0.05, 0.1) is 59.3 Å². The van der Waals surface area contributed by atoms with E-state index in [1.165, 1.54) is 0 Å². The highest BCUT2D eigenvalue weighted by Crippen LogP contribution is 2.07. The van der Waals surface area contributed by atoms with Gasteiger partial charge in [0, 0.05) is 13.0 Å². The monoisotopic (exact) mass is 391 g/mol. The predicted molar refractivity (Wildman–Crippen MR) is 102 cm³/mol. The highest BCUT2D eigenvalue weighted by molar-refractivity contribution is 5.75. The van der Waals surface area contributed by atoms with E-state index in [9.17, 15) is 9.59 Å². The van der Waals surface area contributed by atoms with E-state index in [4.69, 9.17) is 23.7 Å². The number of hydrogen-bond donors (Lipinski definition) is 1. The lowest BCUT2D eigenvalue weighted by Gasteiger charge is -2.19. The van der Waals surface area contributed by atoms with Gasteiger partial charge in [0.25, 0.3) is 0 Å². The van der Waals surface area contributed by atoms with Crippen LogP contribution in [0.5, 0.6) is 0 Å². The molecule has 0 fully saturated rings. The van der Waals surface area contributed by atoms with E-state index in [1.54, 1.807) is 0 Å². The van der Waals surface area contributed by atoms with Gasteiger partial charge < -0.3 is 29.0 Å². The fourth-order valence-corrected chi connectivity index (χ4v) is 1.89. The van der Waals surface area contributed by atoms with Crippen LogP contribution < -0.4 is 5.32 Å². The lowest BCUT2D eigenvalue weighted by Crippen LogP contribution is -2.27. The first kappa shape index (κ1) is 25.8. The van der Waals surface area contributed by atoms with Crippen molar-refractivity contribution in [1.82, 2.24) is 5.32 Å². The minimum atomic E-state index is -0.462. The normalized spacial score (nSPS) is 11.4. The zero-order valence-corrected chi connectivity index (χ0v) is 17.3. The first-order chi connectivity index (χ1) is 12.8. The molecule has 0 aliphatic rings. The maximum atomic E-state index is 11.5. The van der Waals surface area contributed by atoms with E-state index in [0.29, 0.717) is 65.8 Å². The third-order valence-electron chi connectivity index (χ3n) is 3.03. The Kier molecular flexibility index (Phi) is 16.2. The van der Waals surface area contributed by atoms with Crippen LogP contribution in [0.25, 0.3) is 0 Å². The van der Waals surface area contributed by atoms with Crippen LogP contribution in [0.4, 0.5) is 0 Å². The molecule has 0 aliphatic carbocycles. The fraction of sp³-hybridized carbons (Fsp3) is 0.895. The summed E-state index contributed by atoms with van der Waals surface area (Å²) in [5.74, 6) is -0.203. The summed E-state index contributed by atoms with van der Waals surface area (Å²) in [4.78, 5) is 22.7. The van der Waals surface area contributed by atoms with Crippen molar-refractivity contribution in [3.05, 3.63) is 0 Å². The third kappa shape index (κ3) is 20.9. The lowest BCUT2D eigenvalue weighted by atomic mass is 10.2. The number of carbonyl (C=O) groups excluding carboxylic acids is 2. The Hall–Kier alpha value is -1.22. The van der Waals surface area contributed by atoms with Crippen LogP contribution in [0.1, 0.15) is 47.0 Å². The summed E-state index contributed by atoms with van der Waals surface area (Å²) >= 11 is 0. The third-order valence-corrected chi connectivity index (χ3v) is 3.03. The highest BCUT2D eigenvalue weighted by atomic mass is 16.6. The Morgan fingerprint density at radius 1 is 0.741 bits per heavy atom. The van der Waals surface area contributed by atoms with E-state index < -0.39 is 5.60 Å². The molecule has 0 rings (SSSR count). The highest BCUT2D eigenvalue weighted by Gasteiger charge is 2.15. The molecular formula is C19H37NO7. The van der Waals surface area contributed by atoms with Gasteiger partial charge in [-0.3, -0.25) is 9.59 Å². The van der Waals surface area contributed by atoms with Crippen LogP contribution in [0.2, 0.25) is 0 Å². The number of nitrogens with one attached hydrogen (secondary N) is 1. The van der Waals surface area contributed by atoms with Crippen molar-refractivity contribution in [2.45, 2.75) is 52.6 Å². The molecule has 0 saturated heterocycles. The molecule has 1 N–H and O–H groups in total. The Morgan fingerprint density at radius 2 is 1.22 bits per heavy atom. The fourth-order valence-electron chi connectivity index (χ4n) is 1.89. The van der Waals surface area contributed by atoms with Crippen molar-refractivity contribution in [2.75, 3.05) is 59.4 Å². The van der Waals surface area contributed by atoms with Crippen molar-refractivity contribution >= 4 is 11.9 Å². The van der Waals surface area contributed by atoms with Crippen molar-refractivity contribution in [2.24, 2.45) is 0 Å². The van der Waals surface area contributed by atoms with Gasteiger partial charge in [-0.05, 0) is 27.2 Å². The molecule has 0 bridgehead atoms. The van der Waals surface area contributed by atoms with Crippen molar-refractivity contribution < 1.29 is 33.3 Å². The Balaban J connectivity index is 3.19. The average Bonchev–Trinajstić information content (AvgIpc) is 2.57. The number of carbonyl (C=O) groups is 2. The molecule has 8 nitrogen and oxygen atoms in total. The van der Waals surface area contributed by atoms with Gasteiger partial charge in [-0.15, -0.1) is 0 Å². The maximum absolute atomic E-state index is 11.5. The average molecular weight is 392 g/mol. The molecule has 0 atom stereocenters. The van der Waals surface area contributed by atoms with Crippen molar-refractivity contribution in [3.8, 4) is 0 Å². The molecular weight excluding hydrogens is 354 g/mol. The number of esters is 1. The quantitative estimate of drug-likeness (QED) is 0.298. The molecule has 0 aromatic carbocycles. The second kappa shape index (κ2) is 16.9. The molecule has 0 aliphatic heterocycles. The number of hydrogen-bond acceptors (Lipinski definition) is 7. The summed E-state index contributed by atoms with van der Waals surface area (Å²) in [6.45, 7) is 11.6. The lowest BCUT2D eigenvalue weighted by molar-refractivity contribution is -0.156. The topological polar surface area (TPSA) is 92.3 Å². The summed E-state index contributed by atoms with van der Waals surface area (Å²) in [7, 11) is 0. The molecule has 0 aromatic heterocycles. The SMILES string of the molecule is CCCC(=O)NCCOCCOCCOCCOCCC(=O)OC(C)(C)C. The van der Waals surface area contributed by atoms with E-state index in [-0.39, 0.29) is 18.3 Å². The van der Waals surface area contributed by atoms with Crippen LogP contribution in [0, 0.1) is 0 Å². The Bertz CT molecular complexity index is 383. The van der Waals surface area contributed by atoms with Crippen molar-refractivity contribution in [1.29, 1.82) is 0 Å². The standard InChI is InChI=1S/C19H37NO7/c1-5-6-17(21)20-8-10-24-12-14-26-16-15-25-13-11-23-9-7-18(22)27-19(2,3)4/h5-16H2,1-4H3,(H,20,21). The van der Waals surface area contributed by atoms with Gasteiger partial charge in [-0.2, -0.15) is 0 Å². The van der Waals surface area contributed by atoms with E-state index in [1.807, 2.05) is 27.7 Å². The van der Waals surface area contributed by atoms with Crippen LogP contribution >= 0.6 is 0 Å².